The van der Waals surface area contributed by atoms with Crippen molar-refractivity contribution in [2.45, 2.75) is 232 Å². The molecule has 358 valence electrons. The lowest BCUT2D eigenvalue weighted by Crippen LogP contribution is -2.30. The lowest BCUT2D eigenvalue weighted by atomic mass is 10.0. The van der Waals surface area contributed by atoms with E-state index in [4.69, 9.17) is 14.2 Å². The third-order valence-electron chi connectivity index (χ3n) is 10.7. The largest absolute Gasteiger partial charge is 0.462 e. The van der Waals surface area contributed by atoms with Crippen LogP contribution < -0.4 is 0 Å². The van der Waals surface area contributed by atoms with Crippen LogP contribution in [-0.2, 0) is 28.6 Å². The minimum atomic E-state index is -0.810. The van der Waals surface area contributed by atoms with Crippen LogP contribution in [0.2, 0.25) is 0 Å². The Bertz CT molecular complexity index is 1280. The van der Waals surface area contributed by atoms with E-state index < -0.39 is 6.10 Å². The lowest BCUT2D eigenvalue weighted by Gasteiger charge is -2.18. The highest BCUT2D eigenvalue weighted by Crippen LogP contribution is 2.14. The molecule has 0 aromatic heterocycles. The second-order valence-corrected chi connectivity index (χ2v) is 16.8. The third kappa shape index (κ3) is 49.2. The van der Waals surface area contributed by atoms with E-state index >= 15 is 0 Å². The van der Waals surface area contributed by atoms with Crippen molar-refractivity contribution in [3.63, 3.8) is 0 Å². The molecule has 0 amide bonds. The molecule has 0 N–H and O–H groups in total. The fourth-order valence-corrected chi connectivity index (χ4v) is 6.80. The average molecular weight is 875 g/mol. The first-order chi connectivity index (χ1) is 31.0. The molecule has 1 atom stereocenters. The van der Waals surface area contributed by atoms with E-state index in [0.29, 0.717) is 12.8 Å². The number of hydrogen-bond donors (Lipinski definition) is 0. The van der Waals surface area contributed by atoms with E-state index in [0.717, 1.165) is 89.9 Å². The van der Waals surface area contributed by atoms with E-state index in [1.54, 1.807) is 0 Å². The number of hydrogen-bond acceptors (Lipinski definition) is 6. The van der Waals surface area contributed by atoms with Crippen molar-refractivity contribution in [2.24, 2.45) is 0 Å². The predicted octanol–water partition coefficient (Wildman–Crippen LogP) is 17.0. The van der Waals surface area contributed by atoms with Crippen LogP contribution in [0.5, 0.6) is 0 Å². The SMILES string of the molecule is CC\C=C/C=C\C=C/C=C\CCCCCCCC(=O)OC(COC(=O)CCC/C=C\C/C=C\C/C=C\C/C=C\CCCCC)COC(=O)CCCCCCCCCCCCCCC. The fourth-order valence-electron chi connectivity index (χ4n) is 6.80. The summed E-state index contributed by atoms with van der Waals surface area (Å²) in [4.78, 5) is 38.0. The van der Waals surface area contributed by atoms with Crippen LogP contribution in [0.1, 0.15) is 226 Å². The third-order valence-corrected chi connectivity index (χ3v) is 10.7. The Morgan fingerprint density at radius 1 is 0.349 bits per heavy atom. The second-order valence-electron chi connectivity index (χ2n) is 16.8. The molecule has 0 radical (unpaired) electrons. The molecular formula is C57H94O6. The lowest BCUT2D eigenvalue weighted by molar-refractivity contribution is -0.167. The molecule has 0 bridgehead atoms. The molecule has 0 aliphatic carbocycles. The summed E-state index contributed by atoms with van der Waals surface area (Å²) in [6, 6.07) is 0. The highest BCUT2D eigenvalue weighted by atomic mass is 16.6. The van der Waals surface area contributed by atoms with Gasteiger partial charge in [0.15, 0.2) is 6.10 Å². The maximum absolute atomic E-state index is 12.8. The molecule has 0 aromatic carbocycles. The summed E-state index contributed by atoms with van der Waals surface area (Å²) in [6.45, 7) is 6.40. The molecule has 0 saturated carbocycles. The quantitative estimate of drug-likeness (QED) is 0.0199. The smallest absolute Gasteiger partial charge is 0.306 e. The van der Waals surface area contributed by atoms with Crippen molar-refractivity contribution in [3.8, 4) is 0 Å². The first-order valence-electron chi connectivity index (χ1n) is 25.8. The van der Waals surface area contributed by atoms with Crippen molar-refractivity contribution in [1.29, 1.82) is 0 Å². The van der Waals surface area contributed by atoms with Gasteiger partial charge in [0.05, 0.1) is 0 Å². The molecule has 63 heavy (non-hydrogen) atoms. The zero-order valence-corrected chi connectivity index (χ0v) is 40.8. The Hall–Kier alpha value is -3.67. The number of allylic oxidation sites excluding steroid dienone is 16. The van der Waals surface area contributed by atoms with E-state index in [1.807, 2.05) is 24.3 Å². The summed E-state index contributed by atoms with van der Waals surface area (Å²) in [6.07, 6.45) is 66.7. The number of unbranched alkanes of at least 4 members (excludes halogenated alkanes) is 21. The highest BCUT2D eigenvalue weighted by Gasteiger charge is 2.19. The monoisotopic (exact) mass is 875 g/mol. The molecule has 6 heteroatoms. The second kappa shape index (κ2) is 51.0. The molecule has 0 fully saturated rings. The summed E-state index contributed by atoms with van der Waals surface area (Å²) in [5.41, 5.74) is 0. The van der Waals surface area contributed by atoms with Gasteiger partial charge in [-0.05, 0) is 77.0 Å². The van der Waals surface area contributed by atoms with E-state index in [2.05, 4.69) is 93.7 Å². The number of ether oxygens (including phenoxy) is 3. The number of rotatable bonds is 45. The zero-order chi connectivity index (χ0) is 45.8. The van der Waals surface area contributed by atoms with Gasteiger partial charge in [-0.1, -0.05) is 227 Å². The van der Waals surface area contributed by atoms with Gasteiger partial charge in [-0.3, -0.25) is 14.4 Å². The summed E-state index contributed by atoms with van der Waals surface area (Å²) in [7, 11) is 0. The fraction of sp³-hybridized carbons (Fsp3) is 0.667. The van der Waals surface area contributed by atoms with Crippen LogP contribution in [0.4, 0.5) is 0 Å². The Labute approximate surface area is 387 Å². The summed E-state index contributed by atoms with van der Waals surface area (Å²) in [5, 5.41) is 0. The first-order valence-corrected chi connectivity index (χ1v) is 25.8. The van der Waals surface area contributed by atoms with Gasteiger partial charge in [-0.25, -0.2) is 0 Å². The predicted molar refractivity (Wildman–Crippen MR) is 270 cm³/mol. The van der Waals surface area contributed by atoms with Gasteiger partial charge in [0.2, 0.25) is 0 Å². The highest BCUT2D eigenvalue weighted by molar-refractivity contribution is 5.71. The van der Waals surface area contributed by atoms with Gasteiger partial charge >= 0.3 is 17.9 Å². The number of carbonyl (C=O) groups excluding carboxylic acids is 3. The standard InChI is InChI=1S/C57H94O6/c1-4-7-10-13-16-19-22-25-27-28-30-32-35-38-41-44-47-50-56(59)62-53-54(52-61-55(58)49-46-43-40-37-34-31-24-21-18-15-12-9-6-3)63-57(60)51-48-45-42-39-36-33-29-26-23-20-17-14-11-8-5-2/h8,11,14,16-17,19-20,23,25-27,29-30,32,38,41,54H,4-7,9-10,12-13,15,18,21-22,24,28,31,33-37,39-40,42-53H2,1-3H3/b11-8-,17-14-,19-16-,23-20-,27-25-,29-26-,32-30-,41-38-. The van der Waals surface area contributed by atoms with E-state index in [-0.39, 0.29) is 44.0 Å². The van der Waals surface area contributed by atoms with E-state index in [9.17, 15) is 14.4 Å². The molecule has 0 heterocycles. The molecule has 0 aromatic rings. The van der Waals surface area contributed by atoms with Gasteiger partial charge in [-0.15, -0.1) is 0 Å². The van der Waals surface area contributed by atoms with Crippen LogP contribution in [0.15, 0.2) is 97.2 Å². The molecule has 0 rings (SSSR count). The molecule has 0 saturated heterocycles. The molecule has 0 spiro atoms. The number of esters is 3. The molecular weight excluding hydrogens is 781 g/mol. The molecule has 0 aliphatic rings. The molecule has 0 aliphatic heterocycles. The summed E-state index contributed by atoms with van der Waals surface area (Å²) < 4.78 is 16.7. The van der Waals surface area contributed by atoms with Gasteiger partial charge in [0.25, 0.3) is 0 Å². The minimum Gasteiger partial charge on any atom is -0.462 e. The van der Waals surface area contributed by atoms with Crippen LogP contribution in [-0.4, -0.2) is 37.2 Å². The molecule has 1 unspecified atom stereocenters. The topological polar surface area (TPSA) is 78.9 Å². The summed E-state index contributed by atoms with van der Waals surface area (Å²) in [5.74, 6) is -0.988. The van der Waals surface area contributed by atoms with Crippen LogP contribution >= 0.6 is 0 Å². The Kier molecular flexibility index (Phi) is 48.0. The van der Waals surface area contributed by atoms with Crippen LogP contribution in [0.25, 0.3) is 0 Å². The molecule has 6 nitrogen and oxygen atoms in total. The Balaban J connectivity index is 4.52. The maximum Gasteiger partial charge on any atom is 0.306 e. The normalized spacial score (nSPS) is 12.9. The van der Waals surface area contributed by atoms with Crippen molar-refractivity contribution in [3.05, 3.63) is 97.2 Å². The van der Waals surface area contributed by atoms with Crippen molar-refractivity contribution >= 4 is 17.9 Å². The van der Waals surface area contributed by atoms with Crippen molar-refractivity contribution in [1.82, 2.24) is 0 Å². The Morgan fingerprint density at radius 2 is 0.698 bits per heavy atom. The van der Waals surface area contributed by atoms with E-state index in [1.165, 1.54) is 89.9 Å². The maximum atomic E-state index is 12.8. The van der Waals surface area contributed by atoms with Crippen molar-refractivity contribution in [2.75, 3.05) is 13.2 Å². The van der Waals surface area contributed by atoms with Crippen LogP contribution in [0, 0.1) is 0 Å². The van der Waals surface area contributed by atoms with Gasteiger partial charge in [-0.2, -0.15) is 0 Å². The van der Waals surface area contributed by atoms with Gasteiger partial charge in [0.1, 0.15) is 13.2 Å². The minimum absolute atomic E-state index is 0.104. The van der Waals surface area contributed by atoms with Gasteiger partial charge < -0.3 is 14.2 Å². The average Bonchev–Trinajstić information content (AvgIpc) is 3.28. The van der Waals surface area contributed by atoms with Crippen molar-refractivity contribution < 1.29 is 28.6 Å². The van der Waals surface area contributed by atoms with Gasteiger partial charge in [0, 0.05) is 19.3 Å². The first kappa shape index (κ1) is 59.3. The Morgan fingerprint density at radius 3 is 1.21 bits per heavy atom. The summed E-state index contributed by atoms with van der Waals surface area (Å²) >= 11 is 0. The number of carbonyl (C=O) groups is 3. The van der Waals surface area contributed by atoms with Crippen LogP contribution in [0.3, 0.4) is 0 Å². The zero-order valence-electron chi connectivity index (χ0n) is 40.8.